The number of benzene rings is 2. The van der Waals surface area contributed by atoms with E-state index < -0.39 is 5.97 Å². The predicted molar refractivity (Wildman–Crippen MR) is 114 cm³/mol. The number of carboxylic acid groups (broad SMARTS) is 1. The minimum atomic E-state index is -0.886. The first-order chi connectivity index (χ1) is 14.2. The minimum Gasteiger partial charge on any atom is -0.478 e. The van der Waals surface area contributed by atoms with Gasteiger partial charge >= 0.3 is 5.97 Å². The van der Waals surface area contributed by atoms with Crippen molar-refractivity contribution in [2.24, 2.45) is 0 Å². The Labute approximate surface area is 170 Å². The molecule has 1 aromatic heterocycles. The second kappa shape index (κ2) is 7.36. The van der Waals surface area contributed by atoms with Gasteiger partial charge in [-0.3, -0.25) is 4.98 Å². The van der Waals surface area contributed by atoms with Crippen molar-refractivity contribution in [3.8, 4) is 0 Å². The van der Waals surface area contributed by atoms with Crippen molar-refractivity contribution in [3.63, 3.8) is 0 Å². The van der Waals surface area contributed by atoms with E-state index in [1.54, 1.807) is 0 Å². The van der Waals surface area contributed by atoms with Crippen molar-refractivity contribution in [1.82, 2.24) is 4.98 Å². The number of hydrogen-bond donors (Lipinski definition) is 1. The summed E-state index contributed by atoms with van der Waals surface area (Å²) in [6.07, 6.45) is 6.86. The Morgan fingerprint density at radius 3 is 2.69 bits per heavy atom. The summed E-state index contributed by atoms with van der Waals surface area (Å²) < 4.78 is 0. The fraction of sp³-hybridized carbons (Fsp3) is 0.280. The van der Waals surface area contributed by atoms with Gasteiger partial charge in [0.15, 0.2) is 0 Å². The van der Waals surface area contributed by atoms with Gasteiger partial charge in [-0.1, -0.05) is 30.3 Å². The minimum absolute atomic E-state index is 0.345. The molecule has 0 unspecified atom stereocenters. The molecule has 0 bridgehead atoms. The highest BCUT2D eigenvalue weighted by molar-refractivity contribution is 5.89. The molecule has 0 spiro atoms. The Hall–Kier alpha value is -3.14. The summed E-state index contributed by atoms with van der Waals surface area (Å²) in [6, 6.07) is 18.8. The van der Waals surface area contributed by atoms with Crippen LogP contribution in [0.5, 0.6) is 0 Å². The van der Waals surface area contributed by atoms with Crippen LogP contribution < -0.4 is 4.90 Å². The molecule has 0 saturated heterocycles. The number of fused-ring (bicyclic) bond motifs is 1. The first-order valence-electron chi connectivity index (χ1n) is 10.4. The molecule has 2 aromatic carbocycles. The fourth-order valence-corrected chi connectivity index (χ4v) is 4.31. The molecule has 146 valence electrons. The molecule has 0 amide bonds. The maximum atomic E-state index is 11.8. The summed E-state index contributed by atoms with van der Waals surface area (Å²) in [5.41, 5.74) is 6.97. The summed E-state index contributed by atoms with van der Waals surface area (Å²) in [7, 11) is 0. The Bertz CT molecular complexity index is 1060. The molecule has 0 atom stereocenters. The molecular formula is C25H24N2O2. The number of aromatic carboxylic acids is 1. The van der Waals surface area contributed by atoms with E-state index >= 15 is 0 Å². The Balaban J connectivity index is 1.44. The van der Waals surface area contributed by atoms with Gasteiger partial charge in [-0.15, -0.1) is 0 Å². The third-order valence-electron chi connectivity index (χ3n) is 5.97. The van der Waals surface area contributed by atoms with Gasteiger partial charge in [0.2, 0.25) is 0 Å². The second-order valence-electron chi connectivity index (χ2n) is 8.07. The number of carbonyl (C=O) groups is 1. The average Bonchev–Trinajstić information content (AvgIpc) is 3.59. The molecule has 2 aliphatic rings. The van der Waals surface area contributed by atoms with E-state index in [0.717, 1.165) is 43.4 Å². The van der Waals surface area contributed by atoms with Crippen LogP contribution in [-0.2, 0) is 12.8 Å². The van der Waals surface area contributed by atoms with Crippen molar-refractivity contribution in [3.05, 3.63) is 88.7 Å². The number of para-hydroxylation sites is 1. The lowest BCUT2D eigenvalue weighted by molar-refractivity contribution is 0.0695. The van der Waals surface area contributed by atoms with Crippen molar-refractivity contribution >= 4 is 17.3 Å². The molecule has 1 aliphatic heterocycles. The largest absolute Gasteiger partial charge is 0.478 e. The zero-order valence-electron chi connectivity index (χ0n) is 16.3. The van der Waals surface area contributed by atoms with E-state index in [1.165, 1.54) is 16.9 Å². The summed E-state index contributed by atoms with van der Waals surface area (Å²) >= 11 is 0. The number of pyridine rings is 1. The molecule has 1 N–H and O–H groups in total. The quantitative estimate of drug-likeness (QED) is 0.646. The van der Waals surface area contributed by atoms with Crippen molar-refractivity contribution in [2.75, 3.05) is 11.4 Å². The molecule has 4 heteroatoms. The molecule has 4 nitrogen and oxygen atoms in total. The van der Waals surface area contributed by atoms with Gasteiger partial charge in [-0.25, -0.2) is 4.79 Å². The van der Waals surface area contributed by atoms with Gasteiger partial charge in [-0.2, -0.15) is 0 Å². The van der Waals surface area contributed by atoms with E-state index in [1.807, 2.05) is 18.3 Å². The Morgan fingerprint density at radius 2 is 1.93 bits per heavy atom. The maximum Gasteiger partial charge on any atom is 0.337 e. The van der Waals surface area contributed by atoms with Gasteiger partial charge in [0, 0.05) is 30.5 Å². The third-order valence-corrected chi connectivity index (χ3v) is 5.97. The number of hydrogen-bond acceptors (Lipinski definition) is 3. The number of carboxylic acids is 1. The summed E-state index contributed by atoms with van der Waals surface area (Å²) in [5, 5.41) is 9.68. The summed E-state index contributed by atoms with van der Waals surface area (Å²) in [5.74, 6) is -0.384. The van der Waals surface area contributed by atoms with Gasteiger partial charge < -0.3 is 10.0 Å². The first-order valence-corrected chi connectivity index (χ1v) is 10.4. The SMILES string of the molecule is O=C(O)c1cc(C2CC2)cnc1Cc1ccc2c(c1)CCCN2c1ccccc1. The lowest BCUT2D eigenvalue weighted by atomic mass is 9.95. The summed E-state index contributed by atoms with van der Waals surface area (Å²) in [6.45, 7) is 1.02. The van der Waals surface area contributed by atoms with Gasteiger partial charge in [0.1, 0.15) is 0 Å². The molecule has 1 aliphatic carbocycles. The normalized spacial score (nSPS) is 15.8. The van der Waals surface area contributed by atoms with Crippen LogP contribution in [0.1, 0.15) is 57.9 Å². The van der Waals surface area contributed by atoms with Crippen molar-refractivity contribution in [2.45, 2.75) is 38.0 Å². The summed E-state index contributed by atoms with van der Waals surface area (Å²) in [4.78, 5) is 18.7. The van der Waals surface area contributed by atoms with Crippen LogP contribution in [0.2, 0.25) is 0 Å². The highest BCUT2D eigenvalue weighted by Gasteiger charge is 2.26. The van der Waals surface area contributed by atoms with Crippen LogP contribution in [0.4, 0.5) is 11.4 Å². The molecular weight excluding hydrogens is 360 g/mol. The molecule has 0 radical (unpaired) electrons. The number of aromatic nitrogens is 1. The molecule has 1 fully saturated rings. The van der Waals surface area contributed by atoms with E-state index in [2.05, 4.69) is 52.3 Å². The van der Waals surface area contributed by atoms with Gasteiger partial charge in [0.05, 0.1) is 11.3 Å². The molecule has 2 heterocycles. The number of anilines is 2. The van der Waals surface area contributed by atoms with Crippen molar-refractivity contribution < 1.29 is 9.90 Å². The molecule has 1 saturated carbocycles. The lowest BCUT2D eigenvalue weighted by Gasteiger charge is -2.31. The van der Waals surface area contributed by atoms with Crippen molar-refractivity contribution in [1.29, 1.82) is 0 Å². The van der Waals surface area contributed by atoms with Gasteiger partial charge in [0.25, 0.3) is 0 Å². The lowest BCUT2D eigenvalue weighted by Crippen LogP contribution is -2.24. The van der Waals surface area contributed by atoms with E-state index in [0.29, 0.717) is 23.6 Å². The van der Waals surface area contributed by atoms with E-state index in [4.69, 9.17) is 0 Å². The third kappa shape index (κ3) is 3.63. The second-order valence-corrected chi connectivity index (χ2v) is 8.07. The van der Waals surface area contributed by atoms with Crippen LogP contribution in [0.3, 0.4) is 0 Å². The molecule has 29 heavy (non-hydrogen) atoms. The Morgan fingerprint density at radius 1 is 1.10 bits per heavy atom. The highest BCUT2D eigenvalue weighted by Crippen LogP contribution is 2.40. The number of rotatable bonds is 5. The predicted octanol–water partition coefficient (Wildman–Crippen LogP) is 5.33. The van der Waals surface area contributed by atoms with Crippen LogP contribution in [0.25, 0.3) is 0 Å². The maximum absolute atomic E-state index is 11.8. The highest BCUT2D eigenvalue weighted by atomic mass is 16.4. The number of nitrogens with zero attached hydrogens (tertiary/aromatic N) is 2. The Kier molecular flexibility index (Phi) is 4.55. The fourth-order valence-electron chi connectivity index (χ4n) is 4.31. The van der Waals surface area contributed by atoms with Crippen LogP contribution in [0.15, 0.2) is 60.8 Å². The van der Waals surface area contributed by atoms with E-state index in [9.17, 15) is 9.90 Å². The average molecular weight is 384 g/mol. The number of aryl methyl sites for hydroxylation is 1. The first kappa shape index (κ1) is 17.9. The zero-order chi connectivity index (χ0) is 19.8. The zero-order valence-corrected chi connectivity index (χ0v) is 16.3. The standard InChI is InChI=1S/C25H24N2O2/c28-25(29)22-15-20(18-9-10-18)16-26-23(22)14-17-8-11-24-19(13-17)5-4-12-27(24)21-6-2-1-3-7-21/h1-3,6-8,11,13,15-16,18H,4-5,9-10,12,14H2,(H,28,29). The van der Waals surface area contributed by atoms with Crippen LogP contribution in [0, 0.1) is 0 Å². The van der Waals surface area contributed by atoms with Gasteiger partial charge in [-0.05, 0) is 72.6 Å². The smallest absolute Gasteiger partial charge is 0.337 e. The monoisotopic (exact) mass is 384 g/mol. The molecule has 3 aromatic rings. The van der Waals surface area contributed by atoms with E-state index in [-0.39, 0.29) is 0 Å². The van der Waals surface area contributed by atoms with Crippen LogP contribution in [-0.4, -0.2) is 22.6 Å². The molecule has 5 rings (SSSR count). The van der Waals surface area contributed by atoms with Crippen LogP contribution >= 0.6 is 0 Å². The topological polar surface area (TPSA) is 53.4 Å².